The number of unbranched alkanes of at least 4 members (excludes halogenated alkanes) is 31. The third-order valence-corrected chi connectivity index (χ3v) is 17.8. The van der Waals surface area contributed by atoms with Crippen molar-refractivity contribution in [1.82, 2.24) is 0 Å². The number of nitrogens with zero attached hydrogens (tertiary/aromatic N) is 2. The summed E-state index contributed by atoms with van der Waals surface area (Å²) in [5, 5.41) is 22.3. The maximum atomic E-state index is 13.4. The molecule has 0 aliphatic heterocycles. The van der Waals surface area contributed by atoms with Gasteiger partial charge < -0.3 is 47.6 Å². The van der Waals surface area contributed by atoms with E-state index in [1.165, 1.54) is 65.2 Å². The summed E-state index contributed by atoms with van der Waals surface area (Å²) in [6.45, 7) is 16.0. The standard InChI is InChI=1S/C76H142N2O14/c1-9-13-17-19-37-47-57-77(7,59-63-87-67(5)79)65-75(85)91-71(53-41-15-11-3)69(81)51-43-33-27-21-23-29-35-45-55-73(83)89-61-49-39-31-25-26-32-40-50-62-90-74(84)56-46-36-30-24-22-28-34-44-52-70(82)72(54-42-16-12-4)92-76(86)66-78(8,60-64-88-68(6)80)58-48-38-20-18-14-10-2/h33-34,43-44,69-72,81-82H,9-32,35-42,45-66H2,1-8H3/q+2/b43-33-,44-34-. The zero-order valence-corrected chi connectivity index (χ0v) is 60.5. The number of esters is 6. The Bertz CT molecular complexity index is 1730. The van der Waals surface area contributed by atoms with E-state index in [-0.39, 0.29) is 62.1 Å². The molecule has 0 saturated heterocycles. The smallest absolute Gasteiger partial charge is 0.362 e. The van der Waals surface area contributed by atoms with Crippen LogP contribution in [0.5, 0.6) is 0 Å². The summed E-state index contributed by atoms with van der Waals surface area (Å²) in [6, 6.07) is 0. The number of hydrogen-bond donors (Lipinski definition) is 2. The third kappa shape index (κ3) is 56.5. The van der Waals surface area contributed by atoms with Crippen molar-refractivity contribution in [2.75, 3.05) is 79.8 Å². The second-order valence-corrected chi connectivity index (χ2v) is 27.1. The fraction of sp³-hybridized carbons (Fsp3) is 0.868. The summed E-state index contributed by atoms with van der Waals surface area (Å²) in [6.07, 6.45) is 48.7. The van der Waals surface area contributed by atoms with Crippen LogP contribution < -0.4 is 0 Å². The Kier molecular flexibility index (Phi) is 59.4. The first-order valence-electron chi connectivity index (χ1n) is 37.7. The molecule has 0 aliphatic carbocycles. The molecule has 16 heteroatoms. The van der Waals surface area contributed by atoms with Crippen LogP contribution >= 0.6 is 0 Å². The van der Waals surface area contributed by atoms with E-state index in [1.54, 1.807) is 0 Å². The van der Waals surface area contributed by atoms with Crippen molar-refractivity contribution in [3.8, 4) is 0 Å². The third-order valence-electron chi connectivity index (χ3n) is 17.8. The first-order chi connectivity index (χ1) is 44.4. The number of carbonyl (C=O) groups is 6. The quantitative estimate of drug-likeness (QED) is 0.0192. The van der Waals surface area contributed by atoms with Gasteiger partial charge in [0, 0.05) is 26.7 Å². The van der Waals surface area contributed by atoms with Crippen molar-refractivity contribution in [2.24, 2.45) is 0 Å². The molecule has 6 atom stereocenters. The molecule has 0 bridgehead atoms. The maximum Gasteiger partial charge on any atom is 0.362 e. The van der Waals surface area contributed by atoms with Crippen molar-refractivity contribution in [1.29, 1.82) is 0 Å². The largest absolute Gasteiger partial charge is 0.466 e. The first-order valence-corrected chi connectivity index (χ1v) is 37.7. The molecule has 0 aromatic rings. The van der Waals surface area contributed by atoms with Gasteiger partial charge in [-0.1, -0.05) is 206 Å². The normalized spacial score (nSPS) is 14.3. The van der Waals surface area contributed by atoms with Gasteiger partial charge >= 0.3 is 35.8 Å². The summed E-state index contributed by atoms with van der Waals surface area (Å²) < 4.78 is 34.4. The molecule has 0 saturated carbocycles. The lowest BCUT2D eigenvalue weighted by Gasteiger charge is -2.34. The number of quaternary nitrogens is 2. The van der Waals surface area contributed by atoms with Crippen LogP contribution in [0.4, 0.5) is 0 Å². The van der Waals surface area contributed by atoms with Gasteiger partial charge in [-0.2, -0.15) is 0 Å². The molecule has 6 unspecified atom stereocenters. The van der Waals surface area contributed by atoms with Crippen LogP contribution in [0.2, 0.25) is 0 Å². The van der Waals surface area contributed by atoms with Gasteiger partial charge in [-0.15, -0.1) is 0 Å². The molecule has 0 aromatic heterocycles. The second kappa shape index (κ2) is 62.0. The highest BCUT2D eigenvalue weighted by atomic mass is 16.6. The van der Waals surface area contributed by atoms with Crippen LogP contribution in [-0.2, 0) is 57.2 Å². The molecule has 0 amide bonds. The zero-order chi connectivity index (χ0) is 68.0. The molecular formula is C76H142N2O14+2. The predicted octanol–water partition coefficient (Wildman–Crippen LogP) is 17.0. The minimum absolute atomic E-state index is 0.104. The number of aliphatic hydroxyl groups excluding tert-OH is 2. The minimum Gasteiger partial charge on any atom is -0.466 e. The average Bonchev–Trinajstić information content (AvgIpc) is 1.06. The zero-order valence-electron chi connectivity index (χ0n) is 60.5. The van der Waals surface area contributed by atoms with E-state index in [0.29, 0.717) is 73.8 Å². The Morgan fingerprint density at radius 1 is 0.337 bits per heavy atom. The maximum absolute atomic E-state index is 13.4. The van der Waals surface area contributed by atoms with Crippen LogP contribution in [0.1, 0.15) is 324 Å². The van der Waals surface area contributed by atoms with Crippen molar-refractivity contribution in [3.05, 3.63) is 24.3 Å². The topological polar surface area (TPSA) is 198 Å². The number of likely N-dealkylation sites (N-methyl/N-ethyl adjacent to an activating group) is 2. The number of hydrogen-bond acceptors (Lipinski definition) is 14. The van der Waals surface area contributed by atoms with E-state index < -0.39 is 24.4 Å². The Morgan fingerprint density at radius 3 is 0.989 bits per heavy atom. The lowest BCUT2D eigenvalue weighted by molar-refractivity contribution is -0.903. The molecule has 0 spiro atoms. The molecule has 0 fully saturated rings. The Balaban J connectivity index is 4.17. The van der Waals surface area contributed by atoms with E-state index >= 15 is 0 Å². The summed E-state index contributed by atoms with van der Waals surface area (Å²) in [5.41, 5.74) is 0. The lowest BCUT2D eigenvalue weighted by Crippen LogP contribution is -2.51. The molecular weight excluding hydrogens is 1160 g/mol. The second-order valence-electron chi connectivity index (χ2n) is 27.1. The van der Waals surface area contributed by atoms with E-state index in [4.69, 9.17) is 28.4 Å². The van der Waals surface area contributed by atoms with Gasteiger partial charge in [0.15, 0.2) is 13.1 Å². The van der Waals surface area contributed by atoms with Crippen LogP contribution in [0.15, 0.2) is 24.3 Å². The molecule has 92 heavy (non-hydrogen) atoms. The van der Waals surface area contributed by atoms with Crippen LogP contribution in [0, 0.1) is 0 Å². The Labute approximate surface area is 562 Å². The average molecular weight is 1310 g/mol. The first kappa shape index (κ1) is 88.1. The van der Waals surface area contributed by atoms with Gasteiger partial charge in [0.1, 0.15) is 38.5 Å². The fourth-order valence-corrected chi connectivity index (χ4v) is 11.7. The van der Waals surface area contributed by atoms with Crippen molar-refractivity contribution in [3.63, 3.8) is 0 Å². The number of ether oxygens (including phenoxy) is 6. The number of allylic oxidation sites excluding steroid dienone is 2. The Morgan fingerprint density at radius 2 is 0.641 bits per heavy atom. The number of carbonyl (C=O) groups excluding carboxylic acids is 6. The summed E-state index contributed by atoms with van der Waals surface area (Å²) in [4.78, 5) is 74.3. The van der Waals surface area contributed by atoms with Gasteiger partial charge in [-0.05, 0) is 116 Å². The SMILES string of the molecule is CCCCCCCC[N+](C)(CCOC(C)=O)CC(=O)OC(CCCCC)C(O)C/C=C\CCCCCCCC(=O)OCCCCCCCCCCOC(=O)CCCCCCC/C=C\CC(O)C(CCCCC)OC(=O)C[N+](C)(CCCCCCCC)CCOC(C)=O. The van der Waals surface area contributed by atoms with Crippen LogP contribution in [0.25, 0.3) is 0 Å². The molecule has 538 valence electrons. The monoisotopic (exact) mass is 1310 g/mol. The van der Waals surface area contributed by atoms with E-state index in [0.717, 1.165) is 206 Å². The summed E-state index contributed by atoms with van der Waals surface area (Å²) in [5.74, 6) is -1.48. The highest BCUT2D eigenvalue weighted by Gasteiger charge is 2.32. The van der Waals surface area contributed by atoms with Gasteiger partial charge in [0.05, 0.1) is 52.6 Å². The highest BCUT2D eigenvalue weighted by Crippen LogP contribution is 2.21. The van der Waals surface area contributed by atoms with Crippen LogP contribution in [0.3, 0.4) is 0 Å². The van der Waals surface area contributed by atoms with Crippen molar-refractivity contribution >= 4 is 35.8 Å². The molecule has 0 aromatic carbocycles. The molecule has 16 nitrogen and oxygen atoms in total. The van der Waals surface area contributed by atoms with Crippen molar-refractivity contribution < 1.29 is 76.4 Å². The molecule has 0 radical (unpaired) electrons. The highest BCUT2D eigenvalue weighted by molar-refractivity contribution is 5.71. The minimum atomic E-state index is -0.770. The van der Waals surface area contributed by atoms with Crippen LogP contribution in [-0.4, -0.2) is 159 Å². The Hall–Kier alpha value is -3.86. The molecule has 0 rings (SSSR count). The van der Waals surface area contributed by atoms with E-state index in [9.17, 15) is 39.0 Å². The van der Waals surface area contributed by atoms with Gasteiger partial charge in [-0.3, -0.25) is 19.2 Å². The number of rotatable bonds is 67. The number of aliphatic hydroxyl groups is 2. The fourth-order valence-electron chi connectivity index (χ4n) is 11.7. The molecule has 0 heterocycles. The molecule has 0 aliphatic rings. The summed E-state index contributed by atoms with van der Waals surface area (Å²) in [7, 11) is 4.06. The van der Waals surface area contributed by atoms with E-state index in [2.05, 4.69) is 39.8 Å². The van der Waals surface area contributed by atoms with Gasteiger partial charge in [0.2, 0.25) is 0 Å². The van der Waals surface area contributed by atoms with Gasteiger partial charge in [0.25, 0.3) is 0 Å². The summed E-state index contributed by atoms with van der Waals surface area (Å²) >= 11 is 0. The lowest BCUT2D eigenvalue weighted by atomic mass is 10.0. The molecule has 2 N–H and O–H groups in total. The van der Waals surface area contributed by atoms with Crippen molar-refractivity contribution in [2.45, 2.75) is 348 Å². The van der Waals surface area contributed by atoms with E-state index in [1.807, 2.05) is 26.2 Å². The predicted molar refractivity (Wildman–Crippen MR) is 373 cm³/mol. The van der Waals surface area contributed by atoms with Gasteiger partial charge in [-0.25, -0.2) is 9.59 Å².